The molecule has 0 aliphatic rings. The van der Waals surface area contributed by atoms with E-state index < -0.39 is 10.0 Å². The fourth-order valence-corrected chi connectivity index (χ4v) is 4.56. The van der Waals surface area contributed by atoms with E-state index in [4.69, 9.17) is 0 Å². The molecule has 0 unspecified atom stereocenters. The number of nitrogens with one attached hydrogen (secondary N) is 1. The highest BCUT2D eigenvalue weighted by Crippen LogP contribution is 2.30. The molecule has 0 bridgehead atoms. The van der Waals surface area contributed by atoms with E-state index in [1.165, 1.54) is 4.31 Å². The van der Waals surface area contributed by atoms with E-state index >= 15 is 0 Å². The minimum absolute atomic E-state index is 0.130. The Balaban J connectivity index is 1.70. The van der Waals surface area contributed by atoms with Crippen LogP contribution in [-0.4, -0.2) is 20.6 Å². The van der Waals surface area contributed by atoms with Crippen molar-refractivity contribution in [1.29, 1.82) is 0 Å². The standard InChI is InChI=1S/C27H24N2O3S/c1-33(31,32)29(20-21-12-4-2-5-13-21)26-19-11-9-17-24(26)27(30)28-25-18-10-8-16-23(25)22-14-6-3-7-15-22/h2-19H,20H2,1H3,(H,28,30). The van der Waals surface area contributed by atoms with Gasteiger partial charge in [0.1, 0.15) is 0 Å². The van der Waals surface area contributed by atoms with Crippen molar-refractivity contribution in [1.82, 2.24) is 0 Å². The maximum Gasteiger partial charge on any atom is 0.257 e. The topological polar surface area (TPSA) is 66.5 Å². The zero-order valence-electron chi connectivity index (χ0n) is 18.2. The number of hydrogen-bond donors (Lipinski definition) is 1. The van der Waals surface area contributed by atoms with Gasteiger partial charge in [0, 0.05) is 11.3 Å². The largest absolute Gasteiger partial charge is 0.321 e. The Bertz CT molecular complexity index is 1350. The van der Waals surface area contributed by atoms with Gasteiger partial charge in [0.25, 0.3) is 5.91 Å². The van der Waals surface area contributed by atoms with Crippen molar-refractivity contribution >= 4 is 27.3 Å². The first kappa shape index (κ1) is 22.3. The van der Waals surface area contributed by atoms with Gasteiger partial charge in [-0.2, -0.15) is 0 Å². The molecule has 166 valence electrons. The van der Waals surface area contributed by atoms with E-state index in [1.54, 1.807) is 24.3 Å². The molecule has 0 aliphatic heterocycles. The number of hydrogen-bond acceptors (Lipinski definition) is 3. The van der Waals surface area contributed by atoms with Crippen molar-refractivity contribution in [2.24, 2.45) is 0 Å². The number of para-hydroxylation sites is 2. The lowest BCUT2D eigenvalue weighted by Gasteiger charge is -2.25. The summed E-state index contributed by atoms with van der Waals surface area (Å²) in [5.74, 6) is -0.379. The Kier molecular flexibility index (Phi) is 6.56. The third-order valence-electron chi connectivity index (χ3n) is 5.25. The second kappa shape index (κ2) is 9.71. The van der Waals surface area contributed by atoms with Crippen molar-refractivity contribution < 1.29 is 13.2 Å². The number of nitrogens with zero attached hydrogens (tertiary/aromatic N) is 1. The summed E-state index contributed by atoms with van der Waals surface area (Å²) in [4.78, 5) is 13.4. The van der Waals surface area contributed by atoms with E-state index in [0.29, 0.717) is 11.4 Å². The molecule has 5 nitrogen and oxygen atoms in total. The fourth-order valence-electron chi connectivity index (χ4n) is 3.66. The molecule has 1 amide bonds. The highest BCUT2D eigenvalue weighted by molar-refractivity contribution is 7.92. The third-order valence-corrected chi connectivity index (χ3v) is 6.37. The molecular formula is C27H24N2O3S. The normalized spacial score (nSPS) is 11.1. The van der Waals surface area contributed by atoms with Crippen LogP contribution in [0.2, 0.25) is 0 Å². The number of benzene rings is 4. The smallest absolute Gasteiger partial charge is 0.257 e. The zero-order valence-corrected chi connectivity index (χ0v) is 19.0. The number of sulfonamides is 1. The Morgan fingerprint density at radius 2 is 1.33 bits per heavy atom. The van der Waals surface area contributed by atoms with Gasteiger partial charge in [0.05, 0.1) is 24.1 Å². The molecule has 6 heteroatoms. The van der Waals surface area contributed by atoms with Crippen LogP contribution in [-0.2, 0) is 16.6 Å². The Hall–Kier alpha value is -3.90. The van der Waals surface area contributed by atoms with E-state index in [-0.39, 0.29) is 18.0 Å². The first-order valence-corrected chi connectivity index (χ1v) is 12.3. The Morgan fingerprint density at radius 1 is 0.758 bits per heavy atom. The highest BCUT2D eigenvalue weighted by Gasteiger charge is 2.24. The van der Waals surface area contributed by atoms with Crippen LogP contribution in [0.15, 0.2) is 109 Å². The minimum atomic E-state index is -3.64. The molecule has 4 aromatic rings. The third kappa shape index (κ3) is 5.30. The molecule has 0 radical (unpaired) electrons. The van der Waals surface area contributed by atoms with Crippen molar-refractivity contribution in [2.45, 2.75) is 6.54 Å². The summed E-state index contributed by atoms with van der Waals surface area (Å²) in [5, 5.41) is 2.98. The van der Waals surface area contributed by atoms with Crippen LogP contribution < -0.4 is 9.62 Å². The predicted octanol–water partition coefficient (Wildman–Crippen LogP) is 5.57. The van der Waals surface area contributed by atoms with Crippen molar-refractivity contribution in [3.63, 3.8) is 0 Å². The van der Waals surface area contributed by atoms with E-state index in [1.807, 2.05) is 84.9 Å². The SMILES string of the molecule is CS(=O)(=O)N(Cc1ccccc1)c1ccccc1C(=O)Nc1ccccc1-c1ccccc1. The quantitative estimate of drug-likeness (QED) is 0.395. The van der Waals surface area contributed by atoms with Gasteiger partial charge in [0.2, 0.25) is 10.0 Å². The Morgan fingerprint density at radius 3 is 2.03 bits per heavy atom. The lowest BCUT2D eigenvalue weighted by molar-refractivity contribution is 0.102. The first-order chi connectivity index (χ1) is 15.9. The predicted molar refractivity (Wildman–Crippen MR) is 134 cm³/mol. The van der Waals surface area contributed by atoms with Crippen LogP contribution in [0.25, 0.3) is 11.1 Å². The van der Waals surface area contributed by atoms with Gasteiger partial charge >= 0.3 is 0 Å². The van der Waals surface area contributed by atoms with Gasteiger partial charge in [-0.1, -0.05) is 91.0 Å². The lowest BCUT2D eigenvalue weighted by Crippen LogP contribution is -2.31. The molecule has 33 heavy (non-hydrogen) atoms. The number of rotatable bonds is 7. The fraction of sp³-hybridized carbons (Fsp3) is 0.0741. The molecule has 0 aliphatic carbocycles. The highest BCUT2D eigenvalue weighted by atomic mass is 32.2. The molecule has 0 saturated heterocycles. The number of anilines is 2. The monoisotopic (exact) mass is 456 g/mol. The van der Waals surface area contributed by atoms with Gasteiger partial charge in [-0.3, -0.25) is 9.10 Å². The number of carbonyl (C=O) groups excluding carboxylic acids is 1. The van der Waals surface area contributed by atoms with Crippen LogP contribution in [0.5, 0.6) is 0 Å². The molecule has 0 spiro atoms. The van der Waals surface area contributed by atoms with E-state index in [2.05, 4.69) is 5.32 Å². The Labute approximate surface area is 194 Å². The maximum absolute atomic E-state index is 13.4. The number of carbonyl (C=O) groups is 1. The summed E-state index contributed by atoms with van der Waals surface area (Å²) >= 11 is 0. The van der Waals surface area contributed by atoms with Gasteiger partial charge in [-0.15, -0.1) is 0 Å². The van der Waals surface area contributed by atoms with Gasteiger partial charge in [0.15, 0.2) is 0 Å². The second-order valence-corrected chi connectivity index (χ2v) is 9.54. The van der Waals surface area contributed by atoms with E-state index in [9.17, 15) is 13.2 Å². The molecule has 0 atom stereocenters. The maximum atomic E-state index is 13.4. The minimum Gasteiger partial charge on any atom is -0.321 e. The van der Waals surface area contributed by atoms with Crippen LogP contribution in [0.1, 0.15) is 15.9 Å². The van der Waals surface area contributed by atoms with E-state index in [0.717, 1.165) is 22.9 Å². The van der Waals surface area contributed by atoms with Crippen molar-refractivity contribution in [3.05, 3.63) is 120 Å². The molecule has 0 saturated carbocycles. The lowest BCUT2D eigenvalue weighted by atomic mass is 10.0. The summed E-state index contributed by atoms with van der Waals surface area (Å²) in [6.45, 7) is 0.130. The molecular weight excluding hydrogens is 432 g/mol. The first-order valence-electron chi connectivity index (χ1n) is 10.5. The summed E-state index contributed by atoms with van der Waals surface area (Å²) in [7, 11) is -3.64. The van der Waals surface area contributed by atoms with Crippen LogP contribution in [0.3, 0.4) is 0 Å². The van der Waals surface area contributed by atoms with Crippen LogP contribution in [0, 0.1) is 0 Å². The average Bonchev–Trinajstić information content (AvgIpc) is 2.83. The molecule has 4 rings (SSSR count). The zero-order chi connectivity index (χ0) is 23.3. The second-order valence-electron chi connectivity index (χ2n) is 7.64. The van der Waals surface area contributed by atoms with Crippen molar-refractivity contribution in [3.8, 4) is 11.1 Å². The van der Waals surface area contributed by atoms with Crippen molar-refractivity contribution in [2.75, 3.05) is 15.9 Å². The van der Waals surface area contributed by atoms with Gasteiger partial charge in [-0.25, -0.2) is 8.42 Å². The molecule has 4 aromatic carbocycles. The average molecular weight is 457 g/mol. The summed E-state index contributed by atoms with van der Waals surface area (Å²) in [6.07, 6.45) is 1.15. The van der Waals surface area contributed by atoms with Gasteiger partial charge < -0.3 is 5.32 Å². The van der Waals surface area contributed by atoms with Crippen LogP contribution in [0.4, 0.5) is 11.4 Å². The molecule has 1 N–H and O–H groups in total. The summed E-state index contributed by atoms with van der Waals surface area (Å²) < 4.78 is 26.7. The number of amides is 1. The molecule has 0 heterocycles. The molecule has 0 fully saturated rings. The summed E-state index contributed by atoms with van der Waals surface area (Å²) in [5.41, 5.74) is 3.95. The van der Waals surface area contributed by atoms with Crippen LogP contribution >= 0.6 is 0 Å². The summed E-state index contributed by atoms with van der Waals surface area (Å²) in [6, 6.07) is 33.4. The van der Waals surface area contributed by atoms with Gasteiger partial charge in [-0.05, 0) is 29.3 Å². The molecule has 0 aromatic heterocycles.